The summed E-state index contributed by atoms with van der Waals surface area (Å²) in [6.07, 6.45) is 8.65. The van der Waals surface area contributed by atoms with Gasteiger partial charge in [-0.3, -0.25) is 0 Å². The summed E-state index contributed by atoms with van der Waals surface area (Å²) in [4.78, 5) is 0. The maximum atomic E-state index is 2.38. The minimum atomic E-state index is 1.02. The van der Waals surface area contributed by atoms with Gasteiger partial charge < -0.3 is 0 Å². The Morgan fingerprint density at radius 2 is 1.67 bits per heavy atom. The fourth-order valence-electron chi connectivity index (χ4n) is 2.92. The third kappa shape index (κ3) is 2.93. The number of rotatable bonds is 3. The zero-order valence-electron chi connectivity index (χ0n) is 10.9. The van der Waals surface area contributed by atoms with Gasteiger partial charge in [-0.05, 0) is 41.0 Å². The van der Waals surface area contributed by atoms with Crippen molar-refractivity contribution in [3.63, 3.8) is 0 Å². The number of fused-ring (bicyclic) bond motifs is 1. The molecule has 1 fully saturated rings. The van der Waals surface area contributed by atoms with Crippen molar-refractivity contribution in [2.75, 3.05) is 0 Å². The van der Waals surface area contributed by atoms with E-state index in [1.807, 2.05) is 0 Å². The highest BCUT2D eigenvalue weighted by Crippen LogP contribution is 2.35. The standard InChI is InChI=1S/C17H21P/c1-2-8-17(9-3-1)18-13-14-10-11-15-6-4-5-7-16(15)12-14/h4-7,10-12,17-18H,1-3,8-9,13H2. The fraction of sp³-hybridized carbons (Fsp3) is 0.412. The van der Waals surface area contributed by atoms with Gasteiger partial charge in [0.25, 0.3) is 0 Å². The summed E-state index contributed by atoms with van der Waals surface area (Å²) < 4.78 is 0. The average molecular weight is 256 g/mol. The Balaban J connectivity index is 1.66. The minimum Gasteiger partial charge on any atom is -0.114 e. The van der Waals surface area contributed by atoms with Gasteiger partial charge in [-0.25, -0.2) is 0 Å². The molecule has 0 saturated heterocycles. The number of benzene rings is 2. The van der Waals surface area contributed by atoms with Crippen LogP contribution in [0.1, 0.15) is 37.7 Å². The zero-order valence-corrected chi connectivity index (χ0v) is 11.9. The summed E-state index contributed by atoms with van der Waals surface area (Å²) in [6.45, 7) is 0. The quantitative estimate of drug-likeness (QED) is 0.649. The molecule has 3 rings (SSSR count). The highest BCUT2D eigenvalue weighted by molar-refractivity contribution is 7.38. The van der Waals surface area contributed by atoms with Crippen molar-refractivity contribution < 1.29 is 0 Å². The van der Waals surface area contributed by atoms with E-state index < -0.39 is 0 Å². The van der Waals surface area contributed by atoms with Gasteiger partial charge >= 0.3 is 0 Å². The van der Waals surface area contributed by atoms with Crippen LogP contribution in [0.3, 0.4) is 0 Å². The lowest BCUT2D eigenvalue weighted by molar-refractivity contribution is 0.513. The van der Waals surface area contributed by atoms with Crippen LogP contribution in [0.25, 0.3) is 10.8 Å². The molecular weight excluding hydrogens is 235 g/mol. The van der Waals surface area contributed by atoms with Gasteiger partial charge in [0.1, 0.15) is 0 Å². The number of hydrogen-bond donors (Lipinski definition) is 0. The van der Waals surface area contributed by atoms with Crippen molar-refractivity contribution in [1.29, 1.82) is 0 Å². The normalized spacial score (nSPS) is 17.8. The highest BCUT2D eigenvalue weighted by atomic mass is 31.1. The van der Waals surface area contributed by atoms with Gasteiger partial charge in [-0.1, -0.05) is 61.7 Å². The van der Waals surface area contributed by atoms with Crippen LogP contribution in [-0.4, -0.2) is 5.66 Å². The van der Waals surface area contributed by atoms with E-state index in [9.17, 15) is 0 Å². The third-order valence-electron chi connectivity index (χ3n) is 4.01. The van der Waals surface area contributed by atoms with Crippen molar-refractivity contribution in [1.82, 2.24) is 0 Å². The van der Waals surface area contributed by atoms with Crippen LogP contribution in [0.5, 0.6) is 0 Å². The van der Waals surface area contributed by atoms with E-state index in [-0.39, 0.29) is 0 Å². The molecular formula is C17H21P. The molecule has 2 aromatic carbocycles. The van der Waals surface area contributed by atoms with Gasteiger partial charge in [0.15, 0.2) is 0 Å². The molecule has 1 atom stereocenters. The molecule has 0 bridgehead atoms. The smallest absolute Gasteiger partial charge is 0.00979 e. The fourth-order valence-corrected chi connectivity index (χ4v) is 4.48. The van der Waals surface area contributed by atoms with Gasteiger partial charge in [0.05, 0.1) is 0 Å². The molecule has 0 radical (unpaired) electrons. The third-order valence-corrected chi connectivity index (χ3v) is 5.78. The van der Waals surface area contributed by atoms with Crippen molar-refractivity contribution in [3.8, 4) is 0 Å². The Hall–Kier alpha value is -0.870. The predicted molar refractivity (Wildman–Crippen MR) is 82.8 cm³/mol. The molecule has 0 N–H and O–H groups in total. The molecule has 1 aliphatic carbocycles. The molecule has 0 amide bonds. The first kappa shape index (κ1) is 12.2. The van der Waals surface area contributed by atoms with E-state index in [2.05, 4.69) is 42.5 Å². The molecule has 0 aromatic heterocycles. The van der Waals surface area contributed by atoms with E-state index >= 15 is 0 Å². The van der Waals surface area contributed by atoms with Gasteiger partial charge in [-0.2, -0.15) is 0 Å². The van der Waals surface area contributed by atoms with Crippen LogP contribution in [0, 0.1) is 0 Å². The van der Waals surface area contributed by atoms with E-state index in [0.29, 0.717) is 0 Å². The zero-order chi connectivity index (χ0) is 12.2. The molecule has 1 saturated carbocycles. The molecule has 18 heavy (non-hydrogen) atoms. The van der Waals surface area contributed by atoms with Crippen LogP contribution >= 0.6 is 8.58 Å². The maximum Gasteiger partial charge on any atom is -0.00979 e. The first-order valence-electron chi connectivity index (χ1n) is 7.13. The van der Waals surface area contributed by atoms with Crippen LogP contribution in [-0.2, 0) is 6.16 Å². The second kappa shape index (κ2) is 5.85. The maximum absolute atomic E-state index is 2.38. The molecule has 94 valence electrons. The van der Waals surface area contributed by atoms with Crippen molar-refractivity contribution in [2.45, 2.75) is 43.9 Å². The van der Waals surface area contributed by atoms with Crippen molar-refractivity contribution in [3.05, 3.63) is 48.0 Å². The van der Waals surface area contributed by atoms with Crippen LogP contribution < -0.4 is 0 Å². The lowest BCUT2D eigenvalue weighted by Crippen LogP contribution is -2.06. The Morgan fingerprint density at radius 3 is 2.50 bits per heavy atom. The summed E-state index contributed by atoms with van der Waals surface area (Å²) in [7, 11) is 1.13. The topological polar surface area (TPSA) is 0 Å². The van der Waals surface area contributed by atoms with E-state index in [1.165, 1.54) is 54.6 Å². The average Bonchev–Trinajstić information content (AvgIpc) is 2.46. The summed E-state index contributed by atoms with van der Waals surface area (Å²) >= 11 is 0. The van der Waals surface area contributed by atoms with Gasteiger partial charge in [0, 0.05) is 0 Å². The van der Waals surface area contributed by atoms with E-state index in [1.54, 1.807) is 0 Å². The Labute approximate surface area is 112 Å². The van der Waals surface area contributed by atoms with E-state index in [4.69, 9.17) is 0 Å². The second-order valence-electron chi connectivity index (χ2n) is 5.40. The van der Waals surface area contributed by atoms with Crippen LogP contribution in [0.15, 0.2) is 42.5 Å². The lowest BCUT2D eigenvalue weighted by atomic mass is 10.0. The molecule has 0 spiro atoms. The summed E-state index contributed by atoms with van der Waals surface area (Å²) in [5, 5.41) is 2.76. The van der Waals surface area contributed by atoms with Crippen LogP contribution in [0.2, 0.25) is 0 Å². The summed E-state index contributed by atoms with van der Waals surface area (Å²) in [6, 6.07) is 15.6. The monoisotopic (exact) mass is 256 g/mol. The van der Waals surface area contributed by atoms with E-state index in [0.717, 1.165) is 14.2 Å². The van der Waals surface area contributed by atoms with Crippen LogP contribution in [0.4, 0.5) is 0 Å². The molecule has 0 nitrogen and oxygen atoms in total. The Bertz CT molecular complexity index is 512. The summed E-state index contributed by atoms with van der Waals surface area (Å²) in [5.74, 6) is 0. The first-order valence-corrected chi connectivity index (χ1v) is 8.41. The Kier molecular flexibility index (Phi) is 3.96. The Morgan fingerprint density at radius 1 is 0.889 bits per heavy atom. The predicted octanol–water partition coefficient (Wildman–Crippen LogP) is 5.35. The van der Waals surface area contributed by atoms with Gasteiger partial charge in [0.2, 0.25) is 0 Å². The van der Waals surface area contributed by atoms with Crippen molar-refractivity contribution >= 4 is 19.4 Å². The first-order chi connectivity index (χ1) is 8.92. The summed E-state index contributed by atoms with van der Waals surface area (Å²) in [5.41, 5.74) is 2.54. The largest absolute Gasteiger partial charge is 0.114 e. The van der Waals surface area contributed by atoms with Crippen molar-refractivity contribution in [2.24, 2.45) is 0 Å². The molecule has 2 aromatic rings. The van der Waals surface area contributed by atoms with Gasteiger partial charge in [-0.15, -0.1) is 8.58 Å². The number of hydrogen-bond acceptors (Lipinski definition) is 0. The molecule has 0 heterocycles. The minimum absolute atomic E-state index is 1.02. The molecule has 1 aliphatic rings. The molecule has 1 heteroatoms. The second-order valence-corrected chi connectivity index (χ2v) is 6.98. The molecule has 0 aliphatic heterocycles. The molecule has 1 unspecified atom stereocenters. The SMILES string of the molecule is c1ccc2cc(CPC3CCCCC3)ccc2c1. The highest BCUT2D eigenvalue weighted by Gasteiger charge is 2.12. The lowest BCUT2D eigenvalue weighted by Gasteiger charge is -2.21.